The number of carboxylic acid groups (broad SMARTS) is 1. The van der Waals surface area contributed by atoms with Crippen LogP contribution < -0.4 is 0 Å². The smallest absolute Gasteiger partial charge is 0.332 e. The molecular formula is C7H12O4. The SMILES string of the molecule is CC(C)C(=O)CC(O)C(=O)O. The van der Waals surface area contributed by atoms with E-state index in [4.69, 9.17) is 10.2 Å². The minimum Gasteiger partial charge on any atom is -0.479 e. The summed E-state index contributed by atoms with van der Waals surface area (Å²) in [6.45, 7) is 3.33. The van der Waals surface area contributed by atoms with E-state index in [9.17, 15) is 9.59 Å². The first-order valence-corrected chi connectivity index (χ1v) is 3.38. The van der Waals surface area contributed by atoms with Gasteiger partial charge in [-0.25, -0.2) is 4.79 Å². The van der Waals surface area contributed by atoms with Crippen LogP contribution in [0.15, 0.2) is 0 Å². The molecule has 0 aromatic heterocycles. The number of Topliss-reactive ketones (excluding diaryl/α,β-unsaturated/α-hetero) is 1. The molecule has 4 nitrogen and oxygen atoms in total. The summed E-state index contributed by atoms with van der Waals surface area (Å²) >= 11 is 0. The van der Waals surface area contributed by atoms with Gasteiger partial charge in [-0.15, -0.1) is 0 Å². The van der Waals surface area contributed by atoms with Crippen LogP contribution >= 0.6 is 0 Å². The van der Waals surface area contributed by atoms with Crippen LogP contribution in [0.4, 0.5) is 0 Å². The van der Waals surface area contributed by atoms with E-state index in [1.807, 2.05) is 0 Å². The molecule has 0 aliphatic rings. The fourth-order valence-electron chi connectivity index (χ4n) is 0.514. The number of carbonyl (C=O) groups is 2. The summed E-state index contributed by atoms with van der Waals surface area (Å²) in [5.74, 6) is -1.80. The molecule has 0 fully saturated rings. The Morgan fingerprint density at radius 1 is 1.36 bits per heavy atom. The molecule has 0 aliphatic heterocycles. The predicted molar refractivity (Wildman–Crippen MR) is 38.1 cm³/mol. The van der Waals surface area contributed by atoms with E-state index in [-0.39, 0.29) is 18.1 Å². The molecule has 1 unspecified atom stereocenters. The predicted octanol–water partition coefficient (Wildman–Crippen LogP) is 0.0471. The first-order valence-electron chi connectivity index (χ1n) is 3.38. The lowest BCUT2D eigenvalue weighted by molar-refractivity contribution is -0.149. The van der Waals surface area contributed by atoms with Gasteiger partial charge in [0.1, 0.15) is 5.78 Å². The van der Waals surface area contributed by atoms with Gasteiger partial charge in [-0.3, -0.25) is 4.79 Å². The molecule has 0 bridgehead atoms. The maximum atomic E-state index is 10.8. The summed E-state index contributed by atoms with van der Waals surface area (Å²) < 4.78 is 0. The normalized spacial score (nSPS) is 13.1. The molecule has 0 saturated carbocycles. The monoisotopic (exact) mass is 160 g/mol. The highest BCUT2D eigenvalue weighted by Crippen LogP contribution is 2.02. The molecule has 0 aromatic rings. The van der Waals surface area contributed by atoms with E-state index < -0.39 is 12.1 Å². The lowest BCUT2D eigenvalue weighted by Crippen LogP contribution is -2.25. The zero-order chi connectivity index (χ0) is 9.02. The van der Waals surface area contributed by atoms with E-state index >= 15 is 0 Å². The van der Waals surface area contributed by atoms with Gasteiger partial charge in [-0.2, -0.15) is 0 Å². The number of rotatable bonds is 4. The third-order valence-corrected chi connectivity index (χ3v) is 1.32. The van der Waals surface area contributed by atoms with Crippen molar-refractivity contribution in [2.24, 2.45) is 5.92 Å². The number of aliphatic hydroxyl groups excluding tert-OH is 1. The van der Waals surface area contributed by atoms with Crippen LogP contribution in [0.5, 0.6) is 0 Å². The van der Waals surface area contributed by atoms with E-state index in [0.29, 0.717) is 0 Å². The van der Waals surface area contributed by atoms with Gasteiger partial charge in [0.15, 0.2) is 6.10 Å². The van der Waals surface area contributed by atoms with Crippen molar-refractivity contribution >= 4 is 11.8 Å². The van der Waals surface area contributed by atoms with Gasteiger partial charge >= 0.3 is 5.97 Å². The van der Waals surface area contributed by atoms with Gasteiger partial charge in [0.2, 0.25) is 0 Å². The molecule has 2 N–H and O–H groups in total. The van der Waals surface area contributed by atoms with E-state index in [0.717, 1.165) is 0 Å². The third kappa shape index (κ3) is 3.72. The van der Waals surface area contributed by atoms with Crippen LogP contribution in [0.3, 0.4) is 0 Å². The van der Waals surface area contributed by atoms with Gasteiger partial charge in [0, 0.05) is 12.3 Å². The average Bonchev–Trinajstić information content (AvgIpc) is 1.87. The summed E-state index contributed by atoms with van der Waals surface area (Å²) in [7, 11) is 0. The molecule has 11 heavy (non-hydrogen) atoms. The number of ketones is 1. The molecule has 0 radical (unpaired) electrons. The largest absolute Gasteiger partial charge is 0.479 e. The van der Waals surface area contributed by atoms with Crippen LogP contribution in [0.1, 0.15) is 20.3 Å². The lowest BCUT2D eigenvalue weighted by Gasteiger charge is -2.05. The van der Waals surface area contributed by atoms with Crippen molar-refractivity contribution in [1.29, 1.82) is 0 Å². The van der Waals surface area contributed by atoms with Gasteiger partial charge in [0.05, 0.1) is 0 Å². The van der Waals surface area contributed by atoms with E-state index in [1.165, 1.54) is 0 Å². The zero-order valence-electron chi connectivity index (χ0n) is 6.57. The Bertz CT molecular complexity index is 162. The first kappa shape index (κ1) is 10.1. The van der Waals surface area contributed by atoms with Gasteiger partial charge in [-0.1, -0.05) is 13.8 Å². The maximum absolute atomic E-state index is 10.8. The van der Waals surface area contributed by atoms with Crippen LogP contribution in [-0.2, 0) is 9.59 Å². The number of carbonyl (C=O) groups excluding carboxylic acids is 1. The Kier molecular flexibility index (Phi) is 3.74. The molecule has 0 aliphatic carbocycles. The number of aliphatic carboxylic acids is 1. The average molecular weight is 160 g/mol. The zero-order valence-corrected chi connectivity index (χ0v) is 6.57. The molecule has 64 valence electrons. The van der Waals surface area contributed by atoms with Crippen molar-refractivity contribution in [3.63, 3.8) is 0 Å². The molecule has 0 saturated heterocycles. The second kappa shape index (κ2) is 4.08. The number of hydrogen-bond acceptors (Lipinski definition) is 3. The van der Waals surface area contributed by atoms with Crippen LogP contribution in [-0.4, -0.2) is 28.1 Å². The molecule has 4 heteroatoms. The minimum atomic E-state index is -1.55. The Labute approximate surface area is 64.8 Å². The van der Waals surface area contributed by atoms with Crippen molar-refractivity contribution in [2.45, 2.75) is 26.4 Å². The molecular weight excluding hydrogens is 148 g/mol. The van der Waals surface area contributed by atoms with Crippen LogP contribution in [0.25, 0.3) is 0 Å². The molecule has 0 amide bonds. The van der Waals surface area contributed by atoms with Crippen molar-refractivity contribution in [2.75, 3.05) is 0 Å². The molecule has 0 heterocycles. The number of carboxylic acids is 1. The fraction of sp³-hybridized carbons (Fsp3) is 0.714. The summed E-state index contributed by atoms with van der Waals surface area (Å²) in [5, 5.41) is 16.9. The maximum Gasteiger partial charge on any atom is 0.332 e. The summed E-state index contributed by atoms with van der Waals surface area (Å²) in [6.07, 6.45) is -1.85. The Morgan fingerprint density at radius 2 is 1.82 bits per heavy atom. The Balaban J connectivity index is 3.85. The highest BCUT2D eigenvalue weighted by Gasteiger charge is 2.19. The lowest BCUT2D eigenvalue weighted by atomic mass is 10.0. The highest BCUT2D eigenvalue weighted by molar-refractivity contribution is 5.86. The van der Waals surface area contributed by atoms with E-state index in [1.54, 1.807) is 13.8 Å². The first-order chi connectivity index (χ1) is 4.95. The second-order valence-corrected chi connectivity index (χ2v) is 2.68. The second-order valence-electron chi connectivity index (χ2n) is 2.68. The molecule has 0 aromatic carbocycles. The van der Waals surface area contributed by atoms with Crippen molar-refractivity contribution in [3.8, 4) is 0 Å². The van der Waals surface area contributed by atoms with Gasteiger partial charge in [-0.05, 0) is 0 Å². The van der Waals surface area contributed by atoms with Crippen molar-refractivity contribution < 1.29 is 19.8 Å². The van der Waals surface area contributed by atoms with Crippen LogP contribution in [0.2, 0.25) is 0 Å². The molecule has 0 spiro atoms. The fourth-order valence-corrected chi connectivity index (χ4v) is 0.514. The molecule has 0 rings (SSSR count). The quantitative estimate of drug-likeness (QED) is 0.609. The van der Waals surface area contributed by atoms with Crippen LogP contribution in [0, 0.1) is 5.92 Å². The highest BCUT2D eigenvalue weighted by atomic mass is 16.4. The Hall–Kier alpha value is -0.900. The number of aliphatic hydroxyl groups is 1. The standard InChI is InChI=1S/C7H12O4/c1-4(2)5(8)3-6(9)7(10)11/h4,6,9H,3H2,1-2H3,(H,10,11). The van der Waals surface area contributed by atoms with Crippen molar-refractivity contribution in [3.05, 3.63) is 0 Å². The third-order valence-electron chi connectivity index (χ3n) is 1.32. The van der Waals surface area contributed by atoms with Crippen molar-refractivity contribution in [1.82, 2.24) is 0 Å². The number of hydrogen-bond donors (Lipinski definition) is 2. The van der Waals surface area contributed by atoms with Gasteiger partial charge < -0.3 is 10.2 Å². The summed E-state index contributed by atoms with van der Waals surface area (Å²) in [6, 6.07) is 0. The van der Waals surface area contributed by atoms with E-state index in [2.05, 4.69) is 0 Å². The topological polar surface area (TPSA) is 74.6 Å². The minimum absolute atomic E-state index is 0.219. The molecule has 1 atom stereocenters. The van der Waals surface area contributed by atoms with Gasteiger partial charge in [0.25, 0.3) is 0 Å². The summed E-state index contributed by atoms with van der Waals surface area (Å²) in [4.78, 5) is 20.9. The Morgan fingerprint density at radius 3 is 2.09 bits per heavy atom. The summed E-state index contributed by atoms with van der Waals surface area (Å²) in [5.41, 5.74) is 0.